The number of carboxylic acid groups (broad SMARTS) is 1. The minimum Gasteiger partial charge on any atom is -0.493 e. The van der Waals surface area contributed by atoms with Gasteiger partial charge in [-0.25, -0.2) is 9.37 Å². The molecule has 3 heterocycles. The van der Waals surface area contributed by atoms with Crippen molar-refractivity contribution >= 4 is 11.8 Å². The molecule has 8 nitrogen and oxygen atoms in total. The van der Waals surface area contributed by atoms with Gasteiger partial charge < -0.3 is 24.8 Å². The molecule has 2 aliphatic rings. The molecule has 2 aromatic rings. The second kappa shape index (κ2) is 14.2. The van der Waals surface area contributed by atoms with Crippen LogP contribution in [0.15, 0.2) is 24.3 Å². The van der Waals surface area contributed by atoms with Crippen molar-refractivity contribution in [2.75, 3.05) is 59.4 Å². The Morgan fingerprint density at radius 1 is 1.27 bits per heavy atom. The fourth-order valence-corrected chi connectivity index (χ4v) is 6.07. The predicted octanol–water partition coefficient (Wildman–Crippen LogP) is 4.88. The molecule has 0 aliphatic carbocycles. The molecule has 40 heavy (non-hydrogen) atoms. The van der Waals surface area contributed by atoms with E-state index in [0.29, 0.717) is 30.8 Å². The number of likely N-dealkylation sites (tertiary alicyclic amines) is 1. The van der Waals surface area contributed by atoms with Gasteiger partial charge >= 0.3 is 5.97 Å². The van der Waals surface area contributed by atoms with Gasteiger partial charge in [0.25, 0.3) is 0 Å². The number of aromatic nitrogens is 1. The predicted molar refractivity (Wildman–Crippen MR) is 155 cm³/mol. The first-order valence-electron chi connectivity index (χ1n) is 14.6. The van der Waals surface area contributed by atoms with Gasteiger partial charge in [0, 0.05) is 50.0 Å². The van der Waals surface area contributed by atoms with E-state index in [2.05, 4.69) is 29.4 Å². The summed E-state index contributed by atoms with van der Waals surface area (Å²) in [6.07, 6.45) is 7.43. The maximum atomic E-state index is 15.0. The Morgan fingerprint density at radius 3 is 2.85 bits per heavy atom. The molecule has 0 unspecified atom stereocenters. The third-order valence-corrected chi connectivity index (χ3v) is 8.39. The number of hydrogen-bond acceptors (Lipinski definition) is 7. The van der Waals surface area contributed by atoms with Crippen LogP contribution in [0.5, 0.6) is 5.75 Å². The molecule has 0 amide bonds. The molecule has 9 heteroatoms. The average molecular weight is 557 g/mol. The van der Waals surface area contributed by atoms with Crippen LogP contribution in [-0.2, 0) is 22.4 Å². The van der Waals surface area contributed by atoms with Gasteiger partial charge in [0.15, 0.2) is 11.6 Å². The van der Waals surface area contributed by atoms with Gasteiger partial charge in [0.05, 0.1) is 13.7 Å². The molecule has 1 aromatic carbocycles. The third kappa shape index (κ3) is 7.30. The number of hydrogen-bond donors (Lipinski definition) is 2. The molecule has 1 aromatic heterocycles. The number of halogens is 1. The van der Waals surface area contributed by atoms with E-state index in [0.717, 1.165) is 63.1 Å². The highest BCUT2D eigenvalue weighted by atomic mass is 19.1. The lowest BCUT2D eigenvalue weighted by atomic mass is 9.95. The van der Waals surface area contributed by atoms with E-state index in [1.165, 1.54) is 25.2 Å². The standard InChI is InChI=1S/C31H45FN4O4/c1-21(20-39-3)23-17-26(29(40-4)27(32)18-23)28(31(37)38)36-16-13-25(19-36)35(2)15-7-5-6-10-24-12-11-22-9-8-14-33-30(22)34-24/h11-12,17-18,21,25,28H,5-10,13-16,19-20H2,1-4H3,(H,33,34)(H,37,38)/t21-,25+,28-/m0/s1. The van der Waals surface area contributed by atoms with Gasteiger partial charge in [-0.15, -0.1) is 0 Å². The number of likely N-dealkylation sites (N-methyl/N-ethyl adjacent to an activating group) is 1. The zero-order chi connectivity index (χ0) is 28.6. The molecule has 0 radical (unpaired) electrons. The summed E-state index contributed by atoms with van der Waals surface area (Å²) in [5.41, 5.74) is 3.54. The van der Waals surface area contributed by atoms with Crippen LogP contribution in [0, 0.1) is 5.82 Å². The molecule has 0 saturated carbocycles. The normalized spacial score (nSPS) is 18.8. The van der Waals surface area contributed by atoms with Crippen LogP contribution in [0.4, 0.5) is 10.2 Å². The number of pyridine rings is 1. The van der Waals surface area contributed by atoms with Crippen LogP contribution in [0.1, 0.15) is 73.4 Å². The van der Waals surface area contributed by atoms with Gasteiger partial charge in [-0.1, -0.05) is 19.4 Å². The molecule has 1 saturated heterocycles. The summed E-state index contributed by atoms with van der Waals surface area (Å²) in [6.45, 7) is 5.56. The Bertz CT molecular complexity index is 1150. The minimum atomic E-state index is -0.997. The van der Waals surface area contributed by atoms with E-state index >= 15 is 4.39 Å². The molecule has 0 spiro atoms. The van der Waals surface area contributed by atoms with Crippen molar-refractivity contribution in [2.24, 2.45) is 0 Å². The van der Waals surface area contributed by atoms with E-state index < -0.39 is 17.8 Å². The number of nitrogens with zero attached hydrogens (tertiary/aromatic N) is 3. The molecule has 2 N–H and O–H groups in total. The number of benzene rings is 1. The van der Waals surface area contributed by atoms with Crippen molar-refractivity contribution in [1.29, 1.82) is 0 Å². The number of aliphatic carboxylic acids is 1. The lowest BCUT2D eigenvalue weighted by molar-refractivity contribution is -0.143. The van der Waals surface area contributed by atoms with Gasteiger partial charge in [-0.2, -0.15) is 0 Å². The summed E-state index contributed by atoms with van der Waals surface area (Å²) in [7, 11) is 5.11. The number of methoxy groups -OCH3 is 2. The number of ether oxygens (including phenoxy) is 2. The Hall–Kier alpha value is -2.75. The minimum absolute atomic E-state index is 0.00164. The van der Waals surface area contributed by atoms with Crippen LogP contribution in [0.2, 0.25) is 0 Å². The maximum Gasteiger partial charge on any atom is 0.325 e. The summed E-state index contributed by atoms with van der Waals surface area (Å²) in [4.78, 5) is 21.6. The fourth-order valence-electron chi connectivity index (χ4n) is 6.07. The van der Waals surface area contributed by atoms with Crippen LogP contribution in [0.25, 0.3) is 0 Å². The van der Waals surface area contributed by atoms with E-state index in [-0.39, 0.29) is 17.7 Å². The van der Waals surface area contributed by atoms with Crippen LogP contribution < -0.4 is 10.1 Å². The van der Waals surface area contributed by atoms with Gasteiger partial charge in [0.2, 0.25) is 0 Å². The molecule has 2 aliphatic heterocycles. The first-order chi connectivity index (χ1) is 19.3. The summed E-state index contributed by atoms with van der Waals surface area (Å²) in [5.74, 6) is -0.550. The molecule has 0 bridgehead atoms. The first kappa shape index (κ1) is 30.2. The van der Waals surface area contributed by atoms with Crippen molar-refractivity contribution in [2.45, 2.75) is 69.9 Å². The zero-order valence-corrected chi connectivity index (χ0v) is 24.4. The van der Waals surface area contributed by atoms with Crippen molar-refractivity contribution in [3.05, 3.63) is 52.5 Å². The van der Waals surface area contributed by atoms with E-state index in [1.807, 2.05) is 11.8 Å². The van der Waals surface area contributed by atoms with Gasteiger partial charge in [0.1, 0.15) is 11.9 Å². The van der Waals surface area contributed by atoms with E-state index in [9.17, 15) is 9.90 Å². The number of nitrogens with one attached hydrogen (secondary N) is 1. The second-order valence-corrected chi connectivity index (χ2v) is 11.3. The highest BCUT2D eigenvalue weighted by Crippen LogP contribution is 2.37. The molecular weight excluding hydrogens is 511 g/mol. The summed E-state index contributed by atoms with van der Waals surface area (Å²) in [5, 5.41) is 13.7. The van der Waals surface area contributed by atoms with Crippen molar-refractivity contribution in [3.63, 3.8) is 0 Å². The molecule has 220 valence electrons. The third-order valence-electron chi connectivity index (χ3n) is 8.39. The maximum absolute atomic E-state index is 15.0. The number of unbranched alkanes of at least 4 members (excludes halogenated alkanes) is 2. The summed E-state index contributed by atoms with van der Waals surface area (Å²) in [6, 6.07) is 6.85. The lowest BCUT2D eigenvalue weighted by Crippen LogP contribution is -2.38. The number of carboxylic acids is 1. The molecule has 3 atom stereocenters. The van der Waals surface area contributed by atoms with Gasteiger partial charge in [-0.3, -0.25) is 9.69 Å². The molecule has 4 rings (SSSR count). The van der Waals surface area contributed by atoms with E-state index in [4.69, 9.17) is 14.5 Å². The quantitative estimate of drug-likeness (QED) is 0.319. The second-order valence-electron chi connectivity index (χ2n) is 11.3. The average Bonchev–Trinajstić information content (AvgIpc) is 3.42. The number of carbonyl (C=O) groups is 1. The fraction of sp³-hybridized carbons (Fsp3) is 0.613. The van der Waals surface area contributed by atoms with Crippen molar-refractivity contribution < 1.29 is 23.8 Å². The summed E-state index contributed by atoms with van der Waals surface area (Å²) >= 11 is 0. The topological polar surface area (TPSA) is 87.2 Å². The van der Waals surface area contributed by atoms with E-state index in [1.54, 1.807) is 13.2 Å². The van der Waals surface area contributed by atoms with Crippen LogP contribution in [-0.4, -0.2) is 86.0 Å². The first-order valence-corrected chi connectivity index (χ1v) is 14.6. The highest BCUT2D eigenvalue weighted by Gasteiger charge is 2.37. The van der Waals surface area contributed by atoms with Gasteiger partial charge in [-0.05, 0) is 81.4 Å². The smallest absolute Gasteiger partial charge is 0.325 e. The zero-order valence-electron chi connectivity index (χ0n) is 24.4. The lowest BCUT2D eigenvalue weighted by Gasteiger charge is -2.29. The number of fused-ring (bicyclic) bond motifs is 1. The number of aryl methyl sites for hydroxylation is 2. The van der Waals surface area contributed by atoms with Crippen LogP contribution >= 0.6 is 0 Å². The Morgan fingerprint density at radius 2 is 2.10 bits per heavy atom. The molecular formula is C31H45FN4O4. The monoisotopic (exact) mass is 556 g/mol. The Labute approximate surface area is 237 Å². The SMILES string of the molecule is COC[C@H](C)c1cc(F)c(OC)c([C@@H](C(=O)O)N2CC[C@@H](N(C)CCCCCc3ccc4c(n3)NCCC4)C2)c1. The number of rotatable bonds is 14. The van der Waals surface area contributed by atoms with Crippen LogP contribution in [0.3, 0.4) is 0 Å². The largest absolute Gasteiger partial charge is 0.493 e. The molecule has 1 fully saturated rings. The van der Waals surface area contributed by atoms with Crippen molar-refractivity contribution in [1.82, 2.24) is 14.8 Å². The Kier molecular flexibility index (Phi) is 10.8. The summed E-state index contributed by atoms with van der Waals surface area (Å²) < 4.78 is 25.6. The highest BCUT2D eigenvalue weighted by molar-refractivity contribution is 5.77. The number of anilines is 1. The van der Waals surface area contributed by atoms with Crippen molar-refractivity contribution in [3.8, 4) is 5.75 Å². The Balaban J connectivity index is 1.31.